The Morgan fingerprint density at radius 1 is 1.44 bits per heavy atom. The van der Waals surface area contributed by atoms with E-state index in [2.05, 4.69) is 18.7 Å². The normalized spacial score (nSPS) is 40.7. The van der Waals surface area contributed by atoms with E-state index in [-0.39, 0.29) is 12.0 Å². The van der Waals surface area contributed by atoms with Crippen LogP contribution in [0.1, 0.15) is 39.5 Å². The van der Waals surface area contributed by atoms with E-state index < -0.39 is 0 Å². The number of aliphatic hydroxyl groups excluding tert-OH is 1. The fraction of sp³-hybridized carbons (Fsp3) is 1.00. The third kappa shape index (κ3) is 2.27. The average Bonchev–Trinajstić information content (AvgIpc) is 2.89. The Balaban J connectivity index is 2.01. The summed E-state index contributed by atoms with van der Waals surface area (Å²) in [5.74, 6) is 0. The number of ether oxygens (including phenoxy) is 1. The zero-order valence-electron chi connectivity index (χ0n) is 10.6. The van der Waals surface area contributed by atoms with E-state index in [1.165, 1.54) is 19.3 Å². The van der Waals surface area contributed by atoms with Crippen LogP contribution in [-0.2, 0) is 4.74 Å². The van der Waals surface area contributed by atoms with Crippen LogP contribution < -0.4 is 0 Å². The first-order valence-electron chi connectivity index (χ1n) is 6.65. The van der Waals surface area contributed by atoms with Crippen LogP contribution in [0.2, 0.25) is 0 Å². The highest BCUT2D eigenvalue weighted by Gasteiger charge is 2.40. The lowest BCUT2D eigenvalue weighted by Crippen LogP contribution is -2.45. The minimum atomic E-state index is 0.0199. The summed E-state index contributed by atoms with van der Waals surface area (Å²) in [6, 6.07) is 1.40. The van der Waals surface area contributed by atoms with Gasteiger partial charge in [-0.2, -0.15) is 0 Å². The molecule has 2 saturated heterocycles. The Morgan fingerprint density at radius 2 is 2.25 bits per heavy atom. The van der Waals surface area contributed by atoms with Crippen molar-refractivity contribution in [2.75, 3.05) is 26.4 Å². The van der Waals surface area contributed by atoms with E-state index in [0.717, 1.165) is 32.2 Å². The largest absolute Gasteiger partial charge is 0.396 e. The van der Waals surface area contributed by atoms with E-state index in [1.807, 2.05) is 0 Å². The molecule has 0 spiro atoms. The van der Waals surface area contributed by atoms with Crippen molar-refractivity contribution in [3.8, 4) is 0 Å². The van der Waals surface area contributed by atoms with Gasteiger partial charge in [0.05, 0.1) is 13.2 Å². The number of aliphatic hydroxyl groups is 1. The molecule has 2 fully saturated rings. The smallest absolute Gasteiger partial charge is 0.0557 e. The Labute approximate surface area is 98.8 Å². The van der Waals surface area contributed by atoms with Gasteiger partial charge < -0.3 is 9.84 Å². The molecule has 3 heteroatoms. The van der Waals surface area contributed by atoms with Gasteiger partial charge in [0.25, 0.3) is 0 Å². The van der Waals surface area contributed by atoms with Crippen molar-refractivity contribution < 1.29 is 9.84 Å². The monoisotopic (exact) mass is 227 g/mol. The van der Waals surface area contributed by atoms with E-state index in [4.69, 9.17) is 4.74 Å². The molecule has 1 N–H and O–H groups in total. The fourth-order valence-electron chi connectivity index (χ4n) is 3.18. The SMILES string of the molecule is CCC1CCC(C)N1CC1(CO)CCOC1. The number of rotatable bonds is 4. The van der Waals surface area contributed by atoms with E-state index >= 15 is 0 Å². The van der Waals surface area contributed by atoms with Gasteiger partial charge in [0.15, 0.2) is 0 Å². The van der Waals surface area contributed by atoms with Crippen LogP contribution in [0.25, 0.3) is 0 Å². The molecule has 3 atom stereocenters. The number of nitrogens with zero attached hydrogens (tertiary/aromatic N) is 1. The second-order valence-corrected chi connectivity index (χ2v) is 5.62. The molecule has 0 aromatic rings. The topological polar surface area (TPSA) is 32.7 Å². The van der Waals surface area contributed by atoms with Crippen molar-refractivity contribution in [2.45, 2.75) is 51.6 Å². The van der Waals surface area contributed by atoms with Crippen LogP contribution in [-0.4, -0.2) is 48.5 Å². The molecule has 2 rings (SSSR count). The van der Waals surface area contributed by atoms with E-state index in [9.17, 15) is 5.11 Å². The first-order valence-corrected chi connectivity index (χ1v) is 6.65. The van der Waals surface area contributed by atoms with Crippen molar-refractivity contribution in [1.82, 2.24) is 4.90 Å². The second-order valence-electron chi connectivity index (χ2n) is 5.62. The molecular formula is C13H25NO2. The highest BCUT2D eigenvalue weighted by Crippen LogP contribution is 2.34. The molecule has 3 nitrogen and oxygen atoms in total. The average molecular weight is 227 g/mol. The van der Waals surface area contributed by atoms with Gasteiger partial charge in [-0.3, -0.25) is 4.90 Å². The highest BCUT2D eigenvalue weighted by atomic mass is 16.5. The Hall–Kier alpha value is -0.120. The highest BCUT2D eigenvalue weighted by molar-refractivity contribution is 4.92. The Bertz CT molecular complexity index is 226. The number of hydrogen-bond acceptors (Lipinski definition) is 3. The Kier molecular flexibility index (Phi) is 3.88. The maximum absolute atomic E-state index is 9.62. The van der Waals surface area contributed by atoms with Crippen LogP contribution in [0, 0.1) is 5.41 Å². The predicted molar refractivity (Wildman–Crippen MR) is 64.4 cm³/mol. The molecule has 2 aliphatic rings. The second kappa shape index (κ2) is 5.03. The summed E-state index contributed by atoms with van der Waals surface area (Å²) in [5.41, 5.74) is 0.0199. The summed E-state index contributed by atoms with van der Waals surface area (Å²) in [5, 5.41) is 9.62. The minimum absolute atomic E-state index is 0.0199. The van der Waals surface area contributed by atoms with Gasteiger partial charge in [0.2, 0.25) is 0 Å². The summed E-state index contributed by atoms with van der Waals surface area (Å²) in [6.45, 7) is 7.43. The standard InChI is InChI=1S/C13H25NO2/c1-3-12-5-4-11(2)14(12)8-13(9-15)6-7-16-10-13/h11-12,15H,3-10H2,1-2H3. The lowest BCUT2D eigenvalue weighted by atomic mass is 9.87. The van der Waals surface area contributed by atoms with Gasteiger partial charge in [0, 0.05) is 30.7 Å². The van der Waals surface area contributed by atoms with Crippen molar-refractivity contribution in [3.63, 3.8) is 0 Å². The molecule has 0 saturated carbocycles. The maximum Gasteiger partial charge on any atom is 0.0557 e. The molecule has 0 radical (unpaired) electrons. The molecule has 2 heterocycles. The number of hydrogen-bond donors (Lipinski definition) is 1. The molecule has 0 amide bonds. The minimum Gasteiger partial charge on any atom is -0.396 e. The van der Waals surface area contributed by atoms with Gasteiger partial charge in [0.1, 0.15) is 0 Å². The van der Waals surface area contributed by atoms with Gasteiger partial charge in [-0.15, -0.1) is 0 Å². The van der Waals surface area contributed by atoms with E-state index in [0.29, 0.717) is 6.04 Å². The van der Waals surface area contributed by atoms with E-state index in [1.54, 1.807) is 0 Å². The summed E-state index contributed by atoms with van der Waals surface area (Å²) >= 11 is 0. The van der Waals surface area contributed by atoms with Crippen LogP contribution in [0.15, 0.2) is 0 Å². The fourth-order valence-corrected chi connectivity index (χ4v) is 3.18. The van der Waals surface area contributed by atoms with Crippen LogP contribution in [0.5, 0.6) is 0 Å². The van der Waals surface area contributed by atoms with Crippen molar-refractivity contribution in [3.05, 3.63) is 0 Å². The number of likely N-dealkylation sites (tertiary alicyclic amines) is 1. The molecule has 0 aromatic heterocycles. The van der Waals surface area contributed by atoms with Gasteiger partial charge in [-0.1, -0.05) is 6.92 Å². The zero-order chi connectivity index (χ0) is 11.6. The van der Waals surface area contributed by atoms with Crippen LogP contribution in [0.3, 0.4) is 0 Å². The third-order valence-electron chi connectivity index (χ3n) is 4.46. The molecule has 94 valence electrons. The molecule has 16 heavy (non-hydrogen) atoms. The first-order chi connectivity index (χ1) is 7.71. The molecule has 2 aliphatic heterocycles. The summed E-state index contributed by atoms with van der Waals surface area (Å²) < 4.78 is 5.48. The first kappa shape index (κ1) is 12.3. The summed E-state index contributed by atoms with van der Waals surface area (Å²) in [6.07, 6.45) is 4.87. The predicted octanol–water partition coefficient (Wildman–Crippen LogP) is 1.65. The molecule has 0 bridgehead atoms. The summed E-state index contributed by atoms with van der Waals surface area (Å²) in [7, 11) is 0. The van der Waals surface area contributed by atoms with Crippen molar-refractivity contribution in [1.29, 1.82) is 0 Å². The Morgan fingerprint density at radius 3 is 2.81 bits per heavy atom. The van der Waals surface area contributed by atoms with Crippen molar-refractivity contribution in [2.24, 2.45) is 5.41 Å². The molecule has 0 aromatic carbocycles. The van der Waals surface area contributed by atoms with Crippen LogP contribution >= 0.6 is 0 Å². The van der Waals surface area contributed by atoms with Crippen molar-refractivity contribution >= 4 is 0 Å². The molecule has 3 unspecified atom stereocenters. The lowest BCUT2D eigenvalue weighted by Gasteiger charge is -2.36. The quantitative estimate of drug-likeness (QED) is 0.792. The summed E-state index contributed by atoms with van der Waals surface area (Å²) in [4.78, 5) is 2.60. The maximum atomic E-state index is 9.62. The third-order valence-corrected chi connectivity index (χ3v) is 4.46. The van der Waals surface area contributed by atoms with Gasteiger partial charge in [-0.05, 0) is 32.6 Å². The lowest BCUT2D eigenvalue weighted by molar-refractivity contribution is 0.0404. The van der Waals surface area contributed by atoms with Crippen LogP contribution in [0.4, 0.5) is 0 Å². The molecule has 0 aliphatic carbocycles. The molecular weight excluding hydrogens is 202 g/mol. The zero-order valence-corrected chi connectivity index (χ0v) is 10.6. The van der Waals surface area contributed by atoms with Gasteiger partial charge >= 0.3 is 0 Å². The van der Waals surface area contributed by atoms with Gasteiger partial charge in [-0.25, -0.2) is 0 Å².